The molecule has 8 aromatic carbocycles. The first-order chi connectivity index (χ1) is 27.2. The van der Waals surface area contributed by atoms with Crippen molar-refractivity contribution in [2.75, 3.05) is 0 Å². The van der Waals surface area contributed by atoms with Crippen LogP contribution in [0.15, 0.2) is 186 Å². The molecule has 2 heterocycles. The van der Waals surface area contributed by atoms with Crippen molar-refractivity contribution in [3.63, 3.8) is 0 Å². The minimum Gasteiger partial charge on any atom is -0.456 e. The normalized spacial score (nSPS) is 11.3. The molecule has 0 aliphatic carbocycles. The van der Waals surface area contributed by atoms with Crippen molar-refractivity contribution >= 4 is 32.7 Å². The number of nitrogens with zero attached hydrogens (tertiary/aromatic N) is 4. The van der Waals surface area contributed by atoms with Crippen LogP contribution in [0, 0.1) is 11.3 Å². The molecule has 0 amide bonds. The predicted octanol–water partition coefficient (Wildman–Crippen LogP) is 12.8. The molecule has 0 fully saturated rings. The van der Waals surface area contributed by atoms with Gasteiger partial charge in [0.2, 0.25) is 0 Å². The Morgan fingerprint density at radius 3 is 1.73 bits per heavy atom. The second-order valence-electron chi connectivity index (χ2n) is 13.5. The zero-order chi connectivity index (χ0) is 36.7. The third-order valence-corrected chi connectivity index (χ3v) is 10.2. The first kappa shape index (κ1) is 32.0. The summed E-state index contributed by atoms with van der Waals surface area (Å²) in [5, 5.41) is 14.1. The van der Waals surface area contributed by atoms with E-state index in [0.717, 1.165) is 82.8 Å². The van der Waals surface area contributed by atoms with Crippen molar-refractivity contribution in [2.24, 2.45) is 0 Å². The highest BCUT2D eigenvalue weighted by molar-refractivity contribution is 6.13. The van der Waals surface area contributed by atoms with Crippen molar-refractivity contribution in [2.45, 2.75) is 0 Å². The minimum atomic E-state index is 0.542. The fourth-order valence-corrected chi connectivity index (χ4v) is 7.44. The van der Waals surface area contributed by atoms with Crippen molar-refractivity contribution < 1.29 is 4.42 Å². The summed E-state index contributed by atoms with van der Waals surface area (Å²) in [4.78, 5) is 15.2. The molecule has 55 heavy (non-hydrogen) atoms. The highest BCUT2D eigenvalue weighted by atomic mass is 16.3. The summed E-state index contributed by atoms with van der Waals surface area (Å²) in [6, 6.07) is 64.0. The van der Waals surface area contributed by atoms with E-state index < -0.39 is 0 Å². The number of benzene rings is 8. The first-order valence-electron chi connectivity index (χ1n) is 18.2. The highest BCUT2D eigenvalue weighted by Crippen LogP contribution is 2.38. The molecule has 0 N–H and O–H groups in total. The summed E-state index contributed by atoms with van der Waals surface area (Å²) in [6.45, 7) is 0. The van der Waals surface area contributed by atoms with Gasteiger partial charge < -0.3 is 4.42 Å². The van der Waals surface area contributed by atoms with Crippen molar-refractivity contribution in [1.82, 2.24) is 15.0 Å². The number of rotatable bonds is 6. The summed E-state index contributed by atoms with van der Waals surface area (Å²) in [5.74, 6) is 1.66. The van der Waals surface area contributed by atoms with Gasteiger partial charge in [-0.2, -0.15) is 5.26 Å². The van der Waals surface area contributed by atoms with E-state index in [1.807, 2.05) is 84.9 Å². The van der Waals surface area contributed by atoms with Gasteiger partial charge in [-0.05, 0) is 80.6 Å². The van der Waals surface area contributed by atoms with Crippen LogP contribution in [0.5, 0.6) is 0 Å². The fourth-order valence-electron chi connectivity index (χ4n) is 7.44. The Bertz CT molecular complexity index is 3090. The summed E-state index contributed by atoms with van der Waals surface area (Å²) in [7, 11) is 0. The number of furan rings is 1. The van der Waals surface area contributed by atoms with Crippen molar-refractivity contribution in [3.8, 4) is 73.6 Å². The molecular formula is C50H30N4O. The smallest absolute Gasteiger partial charge is 0.164 e. The molecule has 256 valence electrons. The second-order valence-corrected chi connectivity index (χ2v) is 13.5. The third kappa shape index (κ3) is 5.89. The number of fused-ring (bicyclic) bond motifs is 4. The van der Waals surface area contributed by atoms with Crippen molar-refractivity contribution in [1.29, 1.82) is 5.26 Å². The fraction of sp³-hybridized carbons (Fsp3) is 0. The monoisotopic (exact) mass is 702 g/mol. The molecule has 10 aromatic rings. The molecular weight excluding hydrogens is 673 g/mol. The first-order valence-corrected chi connectivity index (χ1v) is 18.2. The quantitative estimate of drug-likeness (QED) is 0.172. The Morgan fingerprint density at radius 2 is 0.964 bits per heavy atom. The Morgan fingerprint density at radius 1 is 0.382 bits per heavy atom. The van der Waals surface area contributed by atoms with Crippen LogP contribution in [0.4, 0.5) is 0 Å². The number of hydrogen-bond acceptors (Lipinski definition) is 5. The molecule has 0 aliphatic rings. The largest absolute Gasteiger partial charge is 0.456 e. The van der Waals surface area contributed by atoms with E-state index >= 15 is 0 Å². The van der Waals surface area contributed by atoms with Crippen LogP contribution in [-0.2, 0) is 0 Å². The van der Waals surface area contributed by atoms with Crippen LogP contribution in [-0.4, -0.2) is 15.0 Å². The van der Waals surface area contributed by atoms with E-state index in [0.29, 0.717) is 23.0 Å². The van der Waals surface area contributed by atoms with E-state index in [-0.39, 0.29) is 0 Å². The SMILES string of the molecule is N#Cc1cc(-c2cccc(-c3nc(-c4ccc(-c5ccccc5)cc4)nc(-c4ccc5c(c4)oc4cccc(-c6ccccc6)c45)n3)c2)cc2ccccc12. The van der Waals surface area contributed by atoms with Gasteiger partial charge >= 0.3 is 0 Å². The van der Waals surface area contributed by atoms with Gasteiger partial charge in [0.25, 0.3) is 0 Å². The third-order valence-electron chi connectivity index (χ3n) is 10.2. The lowest BCUT2D eigenvalue weighted by Gasteiger charge is -2.11. The lowest BCUT2D eigenvalue weighted by molar-refractivity contribution is 0.669. The van der Waals surface area contributed by atoms with Gasteiger partial charge in [0.05, 0.1) is 11.6 Å². The molecule has 10 rings (SSSR count). The Balaban J connectivity index is 1.11. The van der Waals surface area contributed by atoms with Gasteiger partial charge in [0.1, 0.15) is 11.2 Å². The van der Waals surface area contributed by atoms with Gasteiger partial charge in [-0.3, -0.25) is 0 Å². The molecule has 0 aliphatic heterocycles. The average Bonchev–Trinajstić information content (AvgIpc) is 3.65. The molecule has 2 aromatic heterocycles. The number of nitriles is 1. The molecule has 0 radical (unpaired) electrons. The molecule has 0 unspecified atom stereocenters. The standard InChI is InChI=1S/C50H30N4O/c51-31-41-29-40(28-37-15-7-8-18-42(37)41)36-16-9-17-38(27-36)49-52-48(35-23-21-33(22-24-35)32-11-3-1-4-12-32)53-50(54-49)39-25-26-44-46(30-39)55-45-20-10-19-43(47(44)45)34-13-5-2-6-14-34/h1-30H. The number of hydrogen-bond donors (Lipinski definition) is 0. The van der Waals surface area contributed by atoms with Gasteiger partial charge in [-0.25, -0.2) is 15.0 Å². The van der Waals surface area contributed by atoms with Gasteiger partial charge in [0, 0.05) is 27.5 Å². The van der Waals surface area contributed by atoms with Crippen LogP contribution in [0.2, 0.25) is 0 Å². The summed E-state index contributed by atoms with van der Waals surface area (Å²) in [5.41, 5.74) is 11.2. The molecule has 0 spiro atoms. The van der Waals surface area contributed by atoms with E-state index in [9.17, 15) is 5.26 Å². The van der Waals surface area contributed by atoms with Crippen molar-refractivity contribution in [3.05, 3.63) is 188 Å². The molecule has 0 saturated heterocycles. The molecule has 5 nitrogen and oxygen atoms in total. The van der Waals surface area contributed by atoms with E-state index in [2.05, 4.69) is 103 Å². The van der Waals surface area contributed by atoms with Crippen LogP contribution in [0.3, 0.4) is 0 Å². The van der Waals surface area contributed by atoms with E-state index in [1.165, 1.54) is 0 Å². The zero-order valence-corrected chi connectivity index (χ0v) is 29.5. The molecule has 0 saturated carbocycles. The molecule has 0 bridgehead atoms. The van der Waals surface area contributed by atoms with E-state index in [4.69, 9.17) is 19.4 Å². The Hall–Kier alpha value is -7.68. The molecule has 5 heteroatoms. The topological polar surface area (TPSA) is 75.6 Å². The Labute approximate surface area is 317 Å². The lowest BCUT2D eigenvalue weighted by atomic mass is 9.96. The van der Waals surface area contributed by atoms with Gasteiger partial charge in [0.15, 0.2) is 17.5 Å². The minimum absolute atomic E-state index is 0.542. The van der Waals surface area contributed by atoms with Gasteiger partial charge in [-0.1, -0.05) is 146 Å². The van der Waals surface area contributed by atoms with Crippen LogP contribution in [0.25, 0.3) is 100 Å². The molecule has 0 atom stereocenters. The van der Waals surface area contributed by atoms with Crippen LogP contribution in [0.1, 0.15) is 5.56 Å². The number of aromatic nitrogens is 3. The summed E-state index contributed by atoms with van der Waals surface area (Å²) >= 11 is 0. The van der Waals surface area contributed by atoms with Gasteiger partial charge in [-0.15, -0.1) is 0 Å². The summed E-state index contributed by atoms with van der Waals surface area (Å²) in [6.07, 6.45) is 0. The zero-order valence-electron chi connectivity index (χ0n) is 29.5. The maximum atomic E-state index is 9.99. The average molecular weight is 703 g/mol. The van der Waals surface area contributed by atoms with E-state index in [1.54, 1.807) is 0 Å². The maximum Gasteiger partial charge on any atom is 0.164 e. The summed E-state index contributed by atoms with van der Waals surface area (Å²) < 4.78 is 6.48. The van der Waals surface area contributed by atoms with Crippen LogP contribution >= 0.6 is 0 Å². The Kier molecular flexibility index (Phi) is 7.79. The van der Waals surface area contributed by atoms with Crippen LogP contribution < -0.4 is 0 Å². The maximum absolute atomic E-state index is 9.99. The highest BCUT2D eigenvalue weighted by Gasteiger charge is 2.17. The second kappa shape index (κ2) is 13.4. The predicted molar refractivity (Wildman–Crippen MR) is 222 cm³/mol. The lowest BCUT2D eigenvalue weighted by Crippen LogP contribution is -2.00.